The lowest BCUT2D eigenvalue weighted by atomic mass is 10.0. The number of amides is 2. The van der Waals surface area contributed by atoms with E-state index in [1.54, 1.807) is 32.4 Å². The van der Waals surface area contributed by atoms with Crippen LogP contribution in [0, 0.1) is 13.8 Å². The van der Waals surface area contributed by atoms with Gasteiger partial charge in [0, 0.05) is 17.8 Å². The van der Waals surface area contributed by atoms with Gasteiger partial charge in [-0.15, -0.1) is 0 Å². The second-order valence-electron chi connectivity index (χ2n) is 9.88. The lowest BCUT2D eigenvalue weighted by Crippen LogP contribution is -2.38. The molecule has 0 aliphatic carbocycles. The van der Waals surface area contributed by atoms with E-state index in [1.807, 2.05) is 59.1 Å². The van der Waals surface area contributed by atoms with Gasteiger partial charge in [-0.2, -0.15) is 5.10 Å². The van der Waals surface area contributed by atoms with Gasteiger partial charge in [-0.3, -0.25) is 0 Å². The van der Waals surface area contributed by atoms with Crippen molar-refractivity contribution in [2.24, 2.45) is 0 Å². The molecule has 0 radical (unpaired) electrons. The number of aryl methyl sites for hydroxylation is 2. The van der Waals surface area contributed by atoms with Crippen molar-refractivity contribution in [3.8, 4) is 23.0 Å². The van der Waals surface area contributed by atoms with Crippen LogP contribution < -0.4 is 14.8 Å². The summed E-state index contributed by atoms with van der Waals surface area (Å²) in [5, 5.41) is 8.02. The standard InChI is InChI=1S/C32H31N5O3/c1-21-12-14-23(15-13-21)30-28-11-8-18-35(28)31-26(22(2)34-37(31)24-9-6-5-7-10-24)20-36(30)32(38)33-27-19-25(39-3)16-17-29(27)40-4/h5-19,30H,20H2,1-4H3,(H,33,38). The zero-order chi connectivity index (χ0) is 27.8. The summed E-state index contributed by atoms with van der Waals surface area (Å²) in [5.41, 5.74) is 6.46. The Morgan fingerprint density at radius 2 is 1.70 bits per heavy atom. The summed E-state index contributed by atoms with van der Waals surface area (Å²) < 4.78 is 15.1. The summed E-state index contributed by atoms with van der Waals surface area (Å²) in [4.78, 5) is 16.1. The Morgan fingerprint density at radius 1 is 0.925 bits per heavy atom. The molecule has 0 saturated heterocycles. The van der Waals surface area contributed by atoms with E-state index >= 15 is 0 Å². The third kappa shape index (κ3) is 4.37. The summed E-state index contributed by atoms with van der Waals surface area (Å²) in [6.07, 6.45) is 2.04. The number of para-hydroxylation sites is 1. The largest absolute Gasteiger partial charge is 0.497 e. The second kappa shape index (κ2) is 10.3. The van der Waals surface area contributed by atoms with Crippen LogP contribution in [0.15, 0.2) is 91.1 Å². The Bertz CT molecular complexity index is 1670. The molecular formula is C32H31N5O3. The molecule has 5 aromatic rings. The van der Waals surface area contributed by atoms with Gasteiger partial charge < -0.3 is 24.3 Å². The van der Waals surface area contributed by atoms with Gasteiger partial charge in [-0.1, -0.05) is 48.0 Å². The van der Waals surface area contributed by atoms with Crippen LogP contribution in [0.5, 0.6) is 11.5 Å². The molecule has 3 aromatic carbocycles. The molecule has 202 valence electrons. The molecule has 1 N–H and O–H groups in total. The molecule has 0 fully saturated rings. The number of nitrogens with zero attached hydrogens (tertiary/aromatic N) is 4. The zero-order valence-electron chi connectivity index (χ0n) is 23.0. The monoisotopic (exact) mass is 533 g/mol. The predicted molar refractivity (Wildman–Crippen MR) is 155 cm³/mol. The van der Waals surface area contributed by atoms with E-state index in [2.05, 4.69) is 47.1 Å². The number of ether oxygens (including phenoxy) is 2. The number of hydrogen-bond donors (Lipinski definition) is 1. The van der Waals surface area contributed by atoms with Crippen LogP contribution in [0.2, 0.25) is 0 Å². The van der Waals surface area contributed by atoms with Gasteiger partial charge in [-0.05, 0) is 55.8 Å². The van der Waals surface area contributed by atoms with Gasteiger partial charge in [0.15, 0.2) is 0 Å². The number of aromatic nitrogens is 3. The smallest absolute Gasteiger partial charge is 0.323 e. The van der Waals surface area contributed by atoms with Crippen molar-refractivity contribution in [2.75, 3.05) is 19.5 Å². The molecule has 0 bridgehead atoms. The van der Waals surface area contributed by atoms with Gasteiger partial charge in [0.1, 0.15) is 17.3 Å². The topological polar surface area (TPSA) is 73.6 Å². The zero-order valence-corrected chi connectivity index (χ0v) is 23.0. The number of anilines is 1. The van der Waals surface area contributed by atoms with Gasteiger partial charge >= 0.3 is 6.03 Å². The Labute approximate surface area is 233 Å². The molecule has 8 heteroatoms. The minimum Gasteiger partial charge on any atom is -0.497 e. The van der Waals surface area contributed by atoms with Gasteiger partial charge in [0.2, 0.25) is 0 Å². The van der Waals surface area contributed by atoms with E-state index in [1.165, 1.54) is 0 Å². The average Bonchev–Trinajstić information content (AvgIpc) is 3.54. The fourth-order valence-corrected chi connectivity index (χ4v) is 5.35. The van der Waals surface area contributed by atoms with Gasteiger partial charge in [0.25, 0.3) is 0 Å². The van der Waals surface area contributed by atoms with Crippen LogP contribution in [0.25, 0.3) is 11.5 Å². The highest BCUT2D eigenvalue weighted by molar-refractivity contribution is 5.92. The van der Waals surface area contributed by atoms with Crippen molar-refractivity contribution >= 4 is 11.7 Å². The lowest BCUT2D eigenvalue weighted by Gasteiger charge is -2.31. The minimum absolute atomic E-state index is 0.260. The number of carbonyl (C=O) groups is 1. The van der Waals surface area contributed by atoms with Crippen molar-refractivity contribution in [3.05, 3.63) is 119 Å². The first-order chi connectivity index (χ1) is 19.5. The highest BCUT2D eigenvalue weighted by atomic mass is 16.5. The number of urea groups is 1. The third-order valence-electron chi connectivity index (χ3n) is 7.39. The van der Waals surface area contributed by atoms with E-state index in [9.17, 15) is 4.79 Å². The third-order valence-corrected chi connectivity index (χ3v) is 7.39. The first-order valence-electron chi connectivity index (χ1n) is 13.2. The van der Waals surface area contributed by atoms with Crippen molar-refractivity contribution < 1.29 is 14.3 Å². The van der Waals surface area contributed by atoms with E-state index in [0.29, 0.717) is 23.7 Å². The molecule has 1 aliphatic heterocycles. The van der Waals surface area contributed by atoms with Crippen molar-refractivity contribution in [1.82, 2.24) is 19.2 Å². The summed E-state index contributed by atoms with van der Waals surface area (Å²) in [7, 11) is 3.18. The molecule has 0 spiro atoms. The van der Waals surface area contributed by atoms with E-state index < -0.39 is 0 Å². The molecule has 8 nitrogen and oxygen atoms in total. The number of carbonyl (C=O) groups excluding carboxylic acids is 1. The van der Waals surface area contributed by atoms with Crippen molar-refractivity contribution in [3.63, 3.8) is 0 Å². The number of fused-ring (bicyclic) bond motifs is 3. The van der Waals surface area contributed by atoms with Crippen LogP contribution in [-0.4, -0.2) is 39.5 Å². The number of methoxy groups -OCH3 is 2. The molecule has 1 unspecified atom stereocenters. The van der Waals surface area contributed by atoms with Crippen LogP contribution in [0.1, 0.15) is 34.1 Å². The first kappa shape index (κ1) is 25.3. The summed E-state index contributed by atoms with van der Waals surface area (Å²) in [6.45, 7) is 4.41. The molecule has 0 saturated carbocycles. The Kier molecular flexibility index (Phi) is 6.51. The van der Waals surface area contributed by atoms with Crippen LogP contribution in [0.4, 0.5) is 10.5 Å². The van der Waals surface area contributed by atoms with Gasteiger partial charge in [-0.25, -0.2) is 9.48 Å². The molecular weight excluding hydrogens is 502 g/mol. The number of nitrogens with one attached hydrogen (secondary N) is 1. The molecule has 40 heavy (non-hydrogen) atoms. The molecule has 2 amide bonds. The predicted octanol–water partition coefficient (Wildman–Crippen LogP) is 6.43. The summed E-state index contributed by atoms with van der Waals surface area (Å²) >= 11 is 0. The molecule has 6 rings (SSSR count). The second-order valence-corrected chi connectivity index (χ2v) is 9.88. The van der Waals surface area contributed by atoms with E-state index in [0.717, 1.165) is 39.6 Å². The fraction of sp³-hybridized carbons (Fsp3) is 0.188. The quantitative estimate of drug-likeness (QED) is 0.282. The van der Waals surface area contributed by atoms with Crippen LogP contribution >= 0.6 is 0 Å². The summed E-state index contributed by atoms with van der Waals surface area (Å²) in [5.74, 6) is 2.10. The SMILES string of the molecule is COc1ccc(OC)c(NC(=O)N2Cc3c(C)nn(-c4ccccc4)c3-n3cccc3C2c2ccc(C)cc2)c1. The Morgan fingerprint density at radius 3 is 2.42 bits per heavy atom. The number of benzene rings is 3. The van der Waals surface area contributed by atoms with Crippen molar-refractivity contribution in [1.29, 1.82) is 0 Å². The highest BCUT2D eigenvalue weighted by Crippen LogP contribution is 2.39. The summed E-state index contributed by atoms with van der Waals surface area (Å²) in [6, 6.07) is 27.3. The maximum absolute atomic E-state index is 14.3. The maximum Gasteiger partial charge on any atom is 0.323 e. The van der Waals surface area contributed by atoms with E-state index in [4.69, 9.17) is 14.6 Å². The maximum atomic E-state index is 14.3. The molecule has 1 atom stereocenters. The fourth-order valence-electron chi connectivity index (χ4n) is 5.35. The van der Waals surface area contributed by atoms with Crippen LogP contribution in [0.3, 0.4) is 0 Å². The Balaban J connectivity index is 1.52. The molecule has 2 aromatic heterocycles. The number of rotatable bonds is 5. The molecule has 3 heterocycles. The first-order valence-corrected chi connectivity index (χ1v) is 13.2. The minimum atomic E-state index is -0.358. The van der Waals surface area contributed by atoms with Gasteiger partial charge in [0.05, 0.1) is 49.6 Å². The number of hydrogen-bond acceptors (Lipinski definition) is 4. The van der Waals surface area contributed by atoms with Crippen LogP contribution in [-0.2, 0) is 6.54 Å². The molecule has 1 aliphatic rings. The van der Waals surface area contributed by atoms with Crippen molar-refractivity contribution in [2.45, 2.75) is 26.4 Å². The average molecular weight is 534 g/mol. The van der Waals surface area contributed by atoms with E-state index in [-0.39, 0.29) is 12.1 Å². The normalized spacial score (nSPS) is 14.2. The highest BCUT2D eigenvalue weighted by Gasteiger charge is 2.36. The Hall–Kier alpha value is -4.98. The lowest BCUT2D eigenvalue weighted by molar-refractivity contribution is 0.194.